The fourth-order valence-electron chi connectivity index (χ4n) is 2.96. The summed E-state index contributed by atoms with van der Waals surface area (Å²) >= 11 is 3.26. The highest BCUT2D eigenvalue weighted by atomic mass is 79.9. The molecule has 3 rings (SSSR count). The number of ketones is 1. The van der Waals surface area contributed by atoms with Gasteiger partial charge in [0.15, 0.2) is 17.3 Å². The number of hydrogen-bond donors (Lipinski definition) is 0. The van der Waals surface area contributed by atoms with Gasteiger partial charge >= 0.3 is 0 Å². The third-order valence-electron chi connectivity index (χ3n) is 4.36. The zero-order valence-electron chi connectivity index (χ0n) is 14.4. The molecular weight excluding hydrogens is 420 g/mol. The maximum atomic E-state index is 13.8. The number of carbonyl (C=O) groups is 2. The molecular formula is C20H16BrF2NO3. The average Bonchev–Trinajstić information content (AvgIpc) is 2.64. The van der Waals surface area contributed by atoms with Gasteiger partial charge in [0.05, 0.1) is 19.6 Å². The standard InChI is InChI=1S/C20H16BrF2NO3/c1-27-19-8-13(16(21)11-17(19)23)9-20(26)24-7-6-15(25)10-18(24)12-2-4-14(22)5-3-12/h2-8,11,18H,9-10H2,1H3. The number of benzene rings is 2. The number of amides is 1. The molecule has 140 valence electrons. The molecule has 2 aromatic carbocycles. The van der Waals surface area contributed by atoms with Crippen molar-refractivity contribution in [1.29, 1.82) is 0 Å². The molecule has 2 aromatic rings. The first kappa shape index (κ1) is 19.2. The monoisotopic (exact) mass is 435 g/mol. The van der Waals surface area contributed by atoms with Gasteiger partial charge < -0.3 is 9.64 Å². The predicted molar refractivity (Wildman–Crippen MR) is 99.1 cm³/mol. The Kier molecular flexibility index (Phi) is 5.70. The molecule has 0 saturated carbocycles. The summed E-state index contributed by atoms with van der Waals surface area (Å²) in [5.41, 5.74) is 1.22. The molecule has 0 aliphatic carbocycles. The Bertz CT molecular complexity index is 912. The lowest BCUT2D eigenvalue weighted by atomic mass is 9.96. The quantitative estimate of drug-likeness (QED) is 0.717. The predicted octanol–water partition coefficient (Wildman–Crippen LogP) is 4.33. The van der Waals surface area contributed by atoms with Crippen LogP contribution in [0.15, 0.2) is 53.1 Å². The highest BCUT2D eigenvalue weighted by molar-refractivity contribution is 9.10. The Hall–Kier alpha value is -2.54. The number of rotatable bonds is 4. The molecule has 1 heterocycles. The van der Waals surface area contributed by atoms with E-state index < -0.39 is 17.7 Å². The Morgan fingerprint density at radius 3 is 2.63 bits per heavy atom. The molecule has 1 aliphatic heterocycles. The van der Waals surface area contributed by atoms with Crippen LogP contribution < -0.4 is 4.74 Å². The van der Waals surface area contributed by atoms with Crippen LogP contribution in [0, 0.1) is 11.6 Å². The zero-order valence-corrected chi connectivity index (χ0v) is 16.0. The van der Waals surface area contributed by atoms with Crippen molar-refractivity contribution in [2.75, 3.05) is 7.11 Å². The number of hydrogen-bond acceptors (Lipinski definition) is 3. The van der Waals surface area contributed by atoms with Crippen molar-refractivity contribution in [1.82, 2.24) is 4.90 Å². The smallest absolute Gasteiger partial charge is 0.231 e. The van der Waals surface area contributed by atoms with Gasteiger partial charge in [-0.2, -0.15) is 0 Å². The zero-order chi connectivity index (χ0) is 19.6. The second kappa shape index (κ2) is 8.00. The Morgan fingerprint density at radius 2 is 1.96 bits per heavy atom. The minimum Gasteiger partial charge on any atom is -0.494 e. The van der Waals surface area contributed by atoms with E-state index in [9.17, 15) is 18.4 Å². The van der Waals surface area contributed by atoms with Crippen molar-refractivity contribution in [3.8, 4) is 5.75 Å². The highest BCUT2D eigenvalue weighted by Gasteiger charge is 2.29. The second-order valence-electron chi connectivity index (χ2n) is 6.11. The molecule has 0 fully saturated rings. The van der Waals surface area contributed by atoms with Gasteiger partial charge in [0, 0.05) is 17.1 Å². The van der Waals surface area contributed by atoms with Gasteiger partial charge in [0.25, 0.3) is 0 Å². The van der Waals surface area contributed by atoms with Crippen molar-refractivity contribution in [2.24, 2.45) is 0 Å². The first-order valence-corrected chi connectivity index (χ1v) is 8.98. The van der Waals surface area contributed by atoms with E-state index in [-0.39, 0.29) is 30.3 Å². The number of halogens is 3. The summed E-state index contributed by atoms with van der Waals surface area (Å²) < 4.78 is 32.4. The van der Waals surface area contributed by atoms with Crippen LogP contribution in [0.2, 0.25) is 0 Å². The molecule has 1 atom stereocenters. The fraction of sp³-hybridized carbons (Fsp3) is 0.200. The lowest BCUT2D eigenvalue weighted by Gasteiger charge is -2.31. The summed E-state index contributed by atoms with van der Waals surface area (Å²) in [6, 6.07) is 7.89. The average molecular weight is 436 g/mol. The maximum absolute atomic E-state index is 13.8. The Balaban J connectivity index is 1.88. The minimum atomic E-state index is -0.534. The van der Waals surface area contributed by atoms with Crippen molar-refractivity contribution in [3.05, 3.63) is 75.9 Å². The molecule has 7 heteroatoms. The number of methoxy groups -OCH3 is 1. The summed E-state index contributed by atoms with van der Waals surface area (Å²) in [5.74, 6) is -1.27. The van der Waals surface area contributed by atoms with E-state index >= 15 is 0 Å². The van der Waals surface area contributed by atoms with Crippen LogP contribution in [-0.4, -0.2) is 23.7 Å². The topological polar surface area (TPSA) is 46.6 Å². The fourth-order valence-corrected chi connectivity index (χ4v) is 3.42. The van der Waals surface area contributed by atoms with Crippen LogP contribution in [0.1, 0.15) is 23.6 Å². The molecule has 0 aromatic heterocycles. The van der Waals surface area contributed by atoms with Crippen LogP contribution in [0.5, 0.6) is 5.75 Å². The molecule has 0 saturated heterocycles. The van der Waals surface area contributed by atoms with Crippen LogP contribution in [0.25, 0.3) is 0 Å². The third-order valence-corrected chi connectivity index (χ3v) is 5.09. The first-order chi connectivity index (χ1) is 12.9. The molecule has 1 amide bonds. The van der Waals surface area contributed by atoms with E-state index in [0.29, 0.717) is 15.6 Å². The van der Waals surface area contributed by atoms with Crippen molar-refractivity contribution in [3.63, 3.8) is 0 Å². The summed E-state index contributed by atoms with van der Waals surface area (Å²) in [5, 5.41) is 0. The second-order valence-corrected chi connectivity index (χ2v) is 6.96. The van der Waals surface area contributed by atoms with Crippen LogP contribution in [0.4, 0.5) is 8.78 Å². The van der Waals surface area contributed by atoms with Crippen LogP contribution in [0.3, 0.4) is 0 Å². The summed E-state index contributed by atoms with van der Waals surface area (Å²) in [6.07, 6.45) is 2.88. The number of carbonyl (C=O) groups excluding carboxylic acids is 2. The highest BCUT2D eigenvalue weighted by Crippen LogP contribution is 2.31. The normalized spacial score (nSPS) is 16.5. The summed E-state index contributed by atoms with van der Waals surface area (Å²) in [7, 11) is 1.35. The van der Waals surface area contributed by atoms with Gasteiger partial charge in [-0.25, -0.2) is 8.78 Å². The number of nitrogens with zero attached hydrogens (tertiary/aromatic N) is 1. The van der Waals surface area contributed by atoms with Gasteiger partial charge in [-0.3, -0.25) is 9.59 Å². The first-order valence-electron chi connectivity index (χ1n) is 8.18. The van der Waals surface area contributed by atoms with E-state index in [2.05, 4.69) is 15.9 Å². The summed E-state index contributed by atoms with van der Waals surface area (Å²) in [4.78, 5) is 26.2. The SMILES string of the molecule is COc1cc(CC(=O)N2C=CC(=O)CC2c2ccc(F)cc2)c(Br)cc1F. The van der Waals surface area contributed by atoms with Gasteiger partial charge in [-0.05, 0) is 41.5 Å². The molecule has 0 radical (unpaired) electrons. The van der Waals surface area contributed by atoms with Crippen molar-refractivity contribution in [2.45, 2.75) is 18.9 Å². The van der Waals surface area contributed by atoms with Gasteiger partial charge in [0.1, 0.15) is 5.82 Å². The Labute approximate surface area is 163 Å². The maximum Gasteiger partial charge on any atom is 0.231 e. The van der Waals surface area contributed by atoms with Gasteiger partial charge in [-0.1, -0.05) is 28.1 Å². The summed E-state index contributed by atoms with van der Waals surface area (Å²) in [6.45, 7) is 0. The van der Waals surface area contributed by atoms with E-state index in [4.69, 9.17) is 4.74 Å². The number of ether oxygens (including phenoxy) is 1. The molecule has 0 spiro atoms. The lowest BCUT2D eigenvalue weighted by molar-refractivity contribution is -0.131. The van der Waals surface area contributed by atoms with E-state index in [1.54, 1.807) is 12.1 Å². The van der Waals surface area contributed by atoms with E-state index in [0.717, 1.165) is 0 Å². The molecule has 1 unspecified atom stereocenters. The molecule has 0 bridgehead atoms. The van der Waals surface area contributed by atoms with E-state index in [1.807, 2.05) is 0 Å². The van der Waals surface area contributed by atoms with Crippen LogP contribution >= 0.6 is 15.9 Å². The lowest BCUT2D eigenvalue weighted by Crippen LogP contribution is -2.35. The minimum absolute atomic E-state index is 0.0204. The van der Waals surface area contributed by atoms with Crippen molar-refractivity contribution >= 4 is 27.6 Å². The van der Waals surface area contributed by atoms with Gasteiger partial charge in [0.2, 0.25) is 5.91 Å². The van der Waals surface area contributed by atoms with Crippen LogP contribution in [-0.2, 0) is 16.0 Å². The number of allylic oxidation sites excluding steroid dienone is 1. The molecule has 4 nitrogen and oxygen atoms in total. The molecule has 0 N–H and O–H groups in total. The Morgan fingerprint density at radius 1 is 1.26 bits per heavy atom. The molecule has 1 aliphatic rings. The van der Waals surface area contributed by atoms with Gasteiger partial charge in [-0.15, -0.1) is 0 Å². The molecule has 27 heavy (non-hydrogen) atoms. The van der Waals surface area contributed by atoms with Crippen molar-refractivity contribution < 1.29 is 23.1 Å². The van der Waals surface area contributed by atoms with E-state index in [1.165, 1.54) is 48.6 Å². The third kappa shape index (κ3) is 4.24. The largest absolute Gasteiger partial charge is 0.494 e.